The van der Waals surface area contributed by atoms with Crippen molar-refractivity contribution in [3.8, 4) is 5.75 Å². The number of esters is 1. The number of rotatable bonds is 4. The van der Waals surface area contributed by atoms with Gasteiger partial charge in [0.1, 0.15) is 11.3 Å². The van der Waals surface area contributed by atoms with Crippen molar-refractivity contribution >= 4 is 24.8 Å². The molecule has 3 aliphatic heterocycles. The van der Waals surface area contributed by atoms with Gasteiger partial charge in [-0.15, -0.1) is 11.8 Å². The summed E-state index contributed by atoms with van der Waals surface area (Å²) >= 11 is 1.58. The summed E-state index contributed by atoms with van der Waals surface area (Å²) in [6.45, 7) is 11.7. The SMILES string of the molecule is CC1(C)OC(=O)c2c(S[C@@H]3COC[C@@H]3N)ccc([C@H]3C[C@H]3B3OC4C[C@@H]5C[C@@H](C5(C)C)[C@]4(C)O3)c2O1. The van der Waals surface area contributed by atoms with Crippen LogP contribution in [0.2, 0.25) is 5.82 Å². The van der Waals surface area contributed by atoms with E-state index < -0.39 is 5.79 Å². The van der Waals surface area contributed by atoms with Crippen LogP contribution in [-0.2, 0) is 18.8 Å². The van der Waals surface area contributed by atoms with Crippen LogP contribution in [-0.4, -0.2) is 55.1 Å². The second kappa shape index (κ2) is 7.66. The summed E-state index contributed by atoms with van der Waals surface area (Å²) in [6.07, 6.45) is 3.48. The van der Waals surface area contributed by atoms with Crippen molar-refractivity contribution in [1.82, 2.24) is 0 Å². The minimum absolute atomic E-state index is 0.0623. The van der Waals surface area contributed by atoms with Crippen LogP contribution in [0.5, 0.6) is 5.75 Å². The van der Waals surface area contributed by atoms with Crippen molar-refractivity contribution in [2.75, 3.05) is 13.2 Å². The molecule has 1 unspecified atom stereocenters. The van der Waals surface area contributed by atoms with E-state index in [1.807, 2.05) is 6.07 Å². The molecule has 9 heteroatoms. The number of ether oxygens (including phenoxy) is 3. The Kier molecular flexibility index (Phi) is 5.07. The lowest BCUT2D eigenvalue weighted by atomic mass is 9.43. The van der Waals surface area contributed by atoms with Gasteiger partial charge in [0.2, 0.25) is 5.79 Å². The standard InChI is InChI=1S/C27H36BNO6S/c1-25(2)13-8-20(25)27(5)21(9-13)34-28(35-27)16-10-15(16)14-6-7-18(36-19-12-31-11-17(19)29)22-23(14)32-26(3,4)33-24(22)30/h6-7,13,15-17,19-21H,8-12,29H2,1-5H3/t13-,15+,16+,17-,19+,20-,21?,27-/m0/s1. The van der Waals surface area contributed by atoms with Crippen LogP contribution in [0, 0.1) is 17.3 Å². The summed E-state index contributed by atoms with van der Waals surface area (Å²) in [5.74, 6) is 1.05. The van der Waals surface area contributed by atoms with Gasteiger partial charge in [-0.2, -0.15) is 0 Å². The fourth-order valence-corrected chi connectivity index (χ4v) is 8.79. The van der Waals surface area contributed by atoms with Gasteiger partial charge < -0.3 is 29.3 Å². The van der Waals surface area contributed by atoms with Crippen molar-refractivity contribution in [2.45, 2.75) is 99.3 Å². The molecule has 7 nitrogen and oxygen atoms in total. The normalized spacial score (nSPS) is 43.2. The van der Waals surface area contributed by atoms with Crippen molar-refractivity contribution in [2.24, 2.45) is 23.0 Å². The smallest absolute Gasteiger partial charge is 0.452 e. The molecule has 0 amide bonds. The number of carbonyl (C=O) groups is 1. The van der Waals surface area contributed by atoms with E-state index in [1.165, 1.54) is 6.42 Å². The number of fused-ring (bicyclic) bond motifs is 1. The molecular weight excluding hydrogens is 477 g/mol. The van der Waals surface area contributed by atoms with E-state index in [9.17, 15) is 4.79 Å². The van der Waals surface area contributed by atoms with Gasteiger partial charge in [0.25, 0.3) is 0 Å². The molecule has 8 atom stereocenters. The lowest BCUT2D eigenvalue weighted by Crippen LogP contribution is -2.65. The van der Waals surface area contributed by atoms with Crippen LogP contribution >= 0.6 is 11.8 Å². The molecule has 2 N–H and O–H groups in total. The number of cyclic esters (lactones) is 1. The Morgan fingerprint density at radius 3 is 2.58 bits per heavy atom. The third-order valence-electron chi connectivity index (χ3n) is 9.95. The predicted octanol–water partition coefficient (Wildman–Crippen LogP) is 4.38. The summed E-state index contributed by atoms with van der Waals surface area (Å²) in [5, 5.41) is 0.0937. The lowest BCUT2D eigenvalue weighted by Gasteiger charge is -2.64. The fourth-order valence-electron chi connectivity index (χ4n) is 7.61. The molecule has 3 heterocycles. The summed E-state index contributed by atoms with van der Waals surface area (Å²) in [7, 11) is -0.206. The lowest BCUT2D eigenvalue weighted by molar-refractivity contribution is -0.199. The molecule has 0 radical (unpaired) electrons. The first-order valence-electron chi connectivity index (χ1n) is 13.4. The van der Waals surface area contributed by atoms with Crippen LogP contribution in [0.15, 0.2) is 17.0 Å². The predicted molar refractivity (Wildman–Crippen MR) is 136 cm³/mol. The summed E-state index contributed by atoms with van der Waals surface area (Å²) in [4.78, 5) is 14.0. The highest BCUT2D eigenvalue weighted by Gasteiger charge is 2.70. The van der Waals surface area contributed by atoms with Gasteiger partial charge in [0.05, 0.1) is 30.2 Å². The molecule has 6 fully saturated rings. The minimum atomic E-state index is -1.02. The van der Waals surface area contributed by atoms with E-state index in [4.69, 9.17) is 29.3 Å². The number of thioether (sulfide) groups is 1. The van der Waals surface area contributed by atoms with E-state index in [0.29, 0.717) is 35.9 Å². The van der Waals surface area contributed by atoms with Crippen LogP contribution in [0.1, 0.15) is 75.7 Å². The molecule has 1 aromatic carbocycles. The average molecular weight is 513 g/mol. The molecule has 4 aliphatic carbocycles. The number of hydrogen-bond acceptors (Lipinski definition) is 8. The van der Waals surface area contributed by atoms with Crippen molar-refractivity contribution in [3.05, 3.63) is 23.3 Å². The Hall–Kier alpha value is -1.26. The minimum Gasteiger partial charge on any atom is -0.452 e. The maximum absolute atomic E-state index is 13.2. The Morgan fingerprint density at radius 1 is 1.06 bits per heavy atom. The maximum atomic E-state index is 13.2. The zero-order valence-electron chi connectivity index (χ0n) is 21.7. The first-order valence-corrected chi connectivity index (χ1v) is 14.3. The van der Waals surface area contributed by atoms with E-state index in [1.54, 1.807) is 25.6 Å². The molecule has 194 valence electrons. The van der Waals surface area contributed by atoms with Gasteiger partial charge >= 0.3 is 13.1 Å². The van der Waals surface area contributed by atoms with Gasteiger partial charge in [0, 0.05) is 30.6 Å². The van der Waals surface area contributed by atoms with Gasteiger partial charge in [-0.05, 0) is 61.0 Å². The topological polar surface area (TPSA) is 89.2 Å². The van der Waals surface area contributed by atoms with Crippen LogP contribution in [0.4, 0.5) is 0 Å². The molecule has 0 spiro atoms. The molecule has 4 saturated carbocycles. The molecule has 0 aromatic heterocycles. The molecule has 36 heavy (non-hydrogen) atoms. The first kappa shape index (κ1) is 23.8. The Labute approximate surface area is 217 Å². The van der Waals surface area contributed by atoms with Gasteiger partial charge in [-0.1, -0.05) is 19.9 Å². The van der Waals surface area contributed by atoms with Crippen molar-refractivity contribution in [3.63, 3.8) is 0 Å². The van der Waals surface area contributed by atoms with Gasteiger partial charge in [-0.3, -0.25) is 0 Å². The number of benzene rings is 1. The summed E-state index contributed by atoms with van der Waals surface area (Å²) < 4.78 is 30.9. The molecule has 2 bridgehead atoms. The second-order valence-corrected chi connectivity index (χ2v) is 14.2. The highest BCUT2D eigenvalue weighted by atomic mass is 32.2. The largest absolute Gasteiger partial charge is 0.461 e. The molecule has 7 aliphatic rings. The second-order valence-electron chi connectivity index (χ2n) is 12.9. The molecule has 8 rings (SSSR count). The highest BCUT2D eigenvalue weighted by molar-refractivity contribution is 8.00. The Balaban J connectivity index is 1.16. The van der Waals surface area contributed by atoms with Crippen molar-refractivity contribution in [1.29, 1.82) is 0 Å². The number of hydrogen-bond donors (Lipinski definition) is 1. The zero-order chi connectivity index (χ0) is 25.2. The van der Waals surface area contributed by atoms with Crippen LogP contribution in [0.25, 0.3) is 0 Å². The monoisotopic (exact) mass is 513 g/mol. The van der Waals surface area contributed by atoms with Crippen molar-refractivity contribution < 1.29 is 28.3 Å². The molecule has 1 aromatic rings. The van der Waals surface area contributed by atoms with E-state index in [2.05, 4.69) is 26.8 Å². The third-order valence-corrected chi connectivity index (χ3v) is 11.3. The summed E-state index contributed by atoms with van der Waals surface area (Å²) in [5.41, 5.74) is 7.90. The average Bonchev–Trinajstić information content (AvgIpc) is 3.35. The molecule has 2 saturated heterocycles. The van der Waals surface area contributed by atoms with Crippen LogP contribution < -0.4 is 10.5 Å². The summed E-state index contributed by atoms with van der Waals surface area (Å²) in [6, 6.07) is 4.08. The Morgan fingerprint density at radius 2 is 1.86 bits per heavy atom. The maximum Gasteiger partial charge on any atom is 0.461 e. The first-order chi connectivity index (χ1) is 17.0. The van der Waals surface area contributed by atoms with E-state index >= 15 is 0 Å². The zero-order valence-corrected chi connectivity index (χ0v) is 22.6. The Bertz CT molecular complexity index is 1130. The fraction of sp³-hybridized carbons (Fsp3) is 0.741. The van der Waals surface area contributed by atoms with Crippen LogP contribution in [0.3, 0.4) is 0 Å². The van der Waals surface area contributed by atoms with Gasteiger partial charge in [-0.25, -0.2) is 4.79 Å². The number of carbonyl (C=O) groups excluding carboxylic acids is 1. The van der Waals surface area contributed by atoms with E-state index in [0.717, 1.165) is 29.2 Å². The van der Waals surface area contributed by atoms with Gasteiger partial charge in [0.15, 0.2) is 0 Å². The number of nitrogens with two attached hydrogens (primary N) is 1. The molecular formula is C27H36BNO6S. The third kappa shape index (κ3) is 3.38. The van der Waals surface area contributed by atoms with E-state index in [-0.39, 0.29) is 47.8 Å². The quantitative estimate of drug-likeness (QED) is 0.469. The highest BCUT2D eigenvalue weighted by Crippen LogP contribution is 2.68.